The molecule has 0 aliphatic heterocycles. The van der Waals surface area contributed by atoms with Crippen molar-refractivity contribution in [2.45, 2.75) is 32.7 Å². The van der Waals surface area contributed by atoms with Crippen LogP contribution in [-0.4, -0.2) is 16.5 Å². The highest BCUT2D eigenvalue weighted by molar-refractivity contribution is 9.11. The highest BCUT2D eigenvalue weighted by Crippen LogP contribution is 2.14. The number of aryl methyl sites for hydroxylation is 1. The predicted molar refractivity (Wildman–Crippen MR) is 72.0 cm³/mol. The molecule has 0 aromatic carbocycles. The third kappa shape index (κ3) is 4.68. The Bertz CT molecular complexity index is 349. The Kier molecular flexibility index (Phi) is 6.09. The van der Waals surface area contributed by atoms with E-state index >= 15 is 0 Å². The van der Waals surface area contributed by atoms with Gasteiger partial charge in [-0.15, -0.1) is 0 Å². The molecule has 5 heteroatoms. The van der Waals surface area contributed by atoms with E-state index in [0.717, 1.165) is 41.8 Å². The van der Waals surface area contributed by atoms with Crippen molar-refractivity contribution < 1.29 is 0 Å². The van der Waals surface area contributed by atoms with Crippen LogP contribution in [0.3, 0.4) is 0 Å². The molecule has 1 aromatic rings. The number of hydrogen-bond donors (Lipinski definition) is 2. The lowest BCUT2D eigenvalue weighted by Gasteiger charge is -2.01. The number of rotatable bonds is 7. The molecule has 2 N–H and O–H groups in total. The molecule has 0 bridgehead atoms. The molecule has 0 atom stereocenters. The van der Waals surface area contributed by atoms with Gasteiger partial charge in [-0.3, -0.25) is 0 Å². The van der Waals surface area contributed by atoms with Gasteiger partial charge in [-0.1, -0.05) is 47.5 Å². The largest absolute Gasteiger partial charge is 0.344 e. The maximum absolute atomic E-state index is 6.02. The Labute approximate surface area is 110 Å². The van der Waals surface area contributed by atoms with Gasteiger partial charge in [-0.05, 0) is 6.42 Å². The quantitative estimate of drug-likeness (QED) is 0.810. The van der Waals surface area contributed by atoms with Gasteiger partial charge in [0.05, 0.1) is 5.69 Å². The van der Waals surface area contributed by atoms with Gasteiger partial charge in [0.15, 0.2) is 5.15 Å². The molecule has 90 valence electrons. The fraction of sp³-hybridized carbons (Fsp3) is 0.545. The molecule has 1 aromatic heterocycles. The maximum Gasteiger partial charge on any atom is 0.151 e. The minimum absolute atomic E-state index is 0.568. The van der Waals surface area contributed by atoms with Crippen molar-refractivity contribution >= 4 is 27.5 Å². The van der Waals surface area contributed by atoms with E-state index in [1.54, 1.807) is 0 Å². The van der Waals surface area contributed by atoms with E-state index in [4.69, 9.17) is 11.6 Å². The molecule has 16 heavy (non-hydrogen) atoms. The average molecular weight is 307 g/mol. The minimum Gasteiger partial charge on any atom is -0.344 e. The summed E-state index contributed by atoms with van der Waals surface area (Å²) in [5, 5.41) is 3.78. The van der Waals surface area contributed by atoms with E-state index in [-0.39, 0.29) is 0 Å². The normalized spacial score (nSPS) is 10.7. The van der Waals surface area contributed by atoms with Crippen LogP contribution in [0, 0.1) is 0 Å². The molecule has 0 fully saturated rings. The molecule has 0 aliphatic rings. The van der Waals surface area contributed by atoms with Gasteiger partial charge in [-0.25, -0.2) is 4.98 Å². The zero-order valence-electron chi connectivity index (χ0n) is 9.45. The number of nitrogens with zero attached hydrogens (tertiary/aromatic N) is 1. The summed E-state index contributed by atoms with van der Waals surface area (Å²) in [7, 11) is 0. The van der Waals surface area contributed by atoms with Crippen LogP contribution >= 0.6 is 27.5 Å². The second-order valence-electron chi connectivity index (χ2n) is 3.68. The van der Waals surface area contributed by atoms with Crippen molar-refractivity contribution in [1.82, 2.24) is 15.3 Å². The van der Waals surface area contributed by atoms with Crippen LogP contribution < -0.4 is 5.32 Å². The van der Waals surface area contributed by atoms with Gasteiger partial charge in [-0.2, -0.15) is 0 Å². The molecule has 0 unspecified atom stereocenters. The summed E-state index contributed by atoms with van der Waals surface area (Å²) >= 11 is 9.31. The monoisotopic (exact) mass is 305 g/mol. The van der Waals surface area contributed by atoms with Gasteiger partial charge in [0, 0.05) is 24.0 Å². The predicted octanol–water partition coefficient (Wildman–Crippen LogP) is 3.40. The van der Waals surface area contributed by atoms with Crippen molar-refractivity contribution in [3.05, 3.63) is 27.7 Å². The number of imidazole rings is 1. The standard InChI is InChI=1S/C11H17BrClN3/c1-3-4-5-10-15-9(11(13)16-10)7-14-6-8(2)12/h14H,2-7H2,1H3,(H,15,16). The van der Waals surface area contributed by atoms with E-state index in [1.807, 2.05) is 0 Å². The number of aromatic amines is 1. The fourth-order valence-electron chi connectivity index (χ4n) is 1.34. The average Bonchev–Trinajstić information content (AvgIpc) is 2.56. The first kappa shape index (κ1) is 13.7. The van der Waals surface area contributed by atoms with Gasteiger partial charge < -0.3 is 10.3 Å². The summed E-state index contributed by atoms with van der Waals surface area (Å²) in [6, 6.07) is 0. The van der Waals surface area contributed by atoms with Crippen LogP contribution in [-0.2, 0) is 13.0 Å². The molecule has 1 rings (SSSR count). The Morgan fingerprint density at radius 1 is 1.62 bits per heavy atom. The summed E-state index contributed by atoms with van der Waals surface area (Å²) in [6.45, 7) is 7.32. The zero-order chi connectivity index (χ0) is 12.0. The zero-order valence-corrected chi connectivity index (χ0v) is 11.8. The highest BCUT2D eigenvalue weighted by atomic mass is 79.9. The van der Waals surface area contributed by atoms with Crippen molar-refractivity contribution in [2.24, 2.45) is 0 Å². The van der Waals surface area contributed by atoms with Crippen LogP contribution in [0.5, 0.6) is 0 Å². The number of aromatic nitrogens is 2. The van der Waals surface area contributed by atoms with Crippen molar-refractivity contribution in [3.63, 3.8) is 0 Å². The summed E-state index contributed by atoms with van der Waals surface area (Å²) < 4.78 is 0.925. The second-order valence-corrected chi connectivity index (χ2v) is 5.16. The first-order valence-corrected chi connectivity index (χ1v) is 6.57. The first-order valence-electron chi connectivity index (χ1n) is 5.40. The summed E-state index contributed by atoms with van der Waals surface area (Å²) in [5.41, 5.74) is 0.946. The van der Waals surface area contributed by atoms with E-state index in [2.05, 4.69) is 44.7 Å². The van der Waals surface area contributed by atoms with E-state index < -0.39 is 0 Å². The maximum atomic E-state index is 6.02. The Morgan fingerprint density at radius 2 is 2.38 bits per heavy atom. The van der Waals surface area contributed by atoms with Gasteiger partial charge >= 0.3 is 0 Å². The van der Waals surface area contributed by atoms with Crippen molar-refractivity contribution in [2.75, 3.05) is 6.54 Å². The Hall–Kier alpha value is -0.320. The van der Waals surface area contributed by atoms with Crippen LogP contribution in [0.25, 0.3) is 0 Å². The van der Waals surface area contributed by atoms with Crippen LogP contribution in [0.4, 0.5) is 0 Å². The Balaban J connectivity index is 2.46. The van der Waals surface area contributed by atoms with Crippen LogP contribution in [0.1, 0.15) is 31.3 Å². The molecule has 0 spiro atoms. The topological polar surface area (TPSA) is 40.7 Å². The van der Waals surface area contributed by atoms with Crippen molar-refractivity contribution in [1.29, 1.82) is 0 Å². The number of unbranched alkanes of at least 4 members (excludes halogenated alkanes) is 1. The lowest BCUT2D eigenvalue weighted by atomic mass is 10.2. The fourth-order valence-corrected chi connectivity index (χ4v) is 1.76. The molecule has 0 saturated heterocycles. The minimum atomic E-state index is 0.568. The van der Waals surface area contributed by atoms with Gasteiger partial charge in [0.1, 0.15) is 5.82 Å². The van der Waals surface area contributed by atoms with Gasteiger partial charge in [0.25, 0.3) is 0 Å². The first-order chi connectivity index (χ1) is 7.63. The smallest absolute Gasteiger partial charge is 0.151 e. The van der Waals surface area contributed by atoms with Gasteiger partial charge in [0.2, 0.25) is 0 Å². The third-order valence-corrected chi connectivity index (χ3v) is 2.76. The number of nitrogens with one attached hydrogen (secondary N) is 2. The summed E-state index contributed by atoms with van der Waals surface area (Å²) in [4.78, 5) is 7.52. The molecular formula is C11H17BrClN3. The van der Waals surface area contributed by atoms with Crippen LogP contribution in [0.2, 0.25) is 5.15 Å². The molecule has 0 saturated carbocycles. The number of halogens is 2. The molecule has 3 nitrogen and oxygen atoms in total. The molecule has 0 aliphatic carbocycles. The molecule has 0 amide bonds. The molecule has 1 heterocycles. The lowest BCUT2D eigenvalue weighted by molar-refractivity contribution is 0.729. The van der Waals surface area contributed by atoms with E-state index in [9.17, 15) is 0 Å². The summed E-state index contributed by atoms with van der Waals surface area (Å²) in [6.07, 6.45) is 3.26. The van der Waals surface area contributed by atoms with Crippen molar-refractivity contribution in [3.8, 4) is 0 Å². The second kappa shape index (κ2) is 7.09. The molecule has 0 radical (unpaired) electrons. The Morgan fingerprint density at radius 3 is 3.00 bits per heavy atom. The highest BCUT2D eigenvalue weighted by Gasteiger charge is 2.07. The number of hydrogen-bond acceptors (Lipinski definition) is 2. The van der Waals surface area contributed by atoms with E-state index in [1.165, 1.54) is 0 Å². The van der Waals surface area contributed by atoms with Crippen LogP contribution in [0.15, 0.2) is 11.1 Å². The number of H-pyrrole nitrogens is 1. The van der Waals surface area contributed by atoms with E-state index in [0.29, 0.717) is 11.7 Å². The SMILES string of the molecule is C=C(Br)CNCc1[nH]c(CCCC)nc1Cl. The molecular weight excluding hydrogens is 289 g/mol. The third-order valence-electron chi connectivity index (χ3n) is 2.16. The summed E-state index contributed by atoms with van der Waals surface area (Å²) in [5.74, 6) is 0.973. The lowest BCUT2D eigenvalue weighted by Crippen LogP contribution is -2.14.